The zero-order valence-corrected chi connectivity index (χ0v) is 19.0. The molecular weight excluding hydrogens is 402 g/mol. The first-order valence-electron chi connectivity index (χ1n) is 11.1. The van der Waals surface area contributed by atoms with Gasteiger partial charge in [0, 0.05) is 22.5 Å². The molecule has 3 rings (SSSR count). The van der Waals surface area contributed by atoms with Crippen LogP contribution in [0.15, 0.2) is 18.2 Å². The van der Waals surface area contributed by atoms with Crippen molar-refractivity contribution < 1.29 is 19.4 Å². The van der Waals surface area contributed by atoms with Crippen LogP contribution in [0.25, 0.3) is 0 Å². The summed E-state index contributed by atoms with van der Waals surface area (Å²) in [7, 11) is 0. The molecule has 166 valence electrons. The maximum Gasteiger partial charge on any atom is 0.306 e. The minimum Gasteiger partial charge on any atom is -0.493 e. The summed E-state index contributed by atoms with van der Waals surface area (Å²) >= 11 is 6.18. The molecule has 0 aromatic heterocycles. The highest BCUT2D eigenvalue weighted by Gasteiger charge is 2.33. The van der Waals surface area contributed by atoms with Crippen LogP contribution in [0.5, 0.6) is 5.75 Å². The average molecular weight is 436 g/mol. The van der Waals surface area contributed by atoms with Crippen LogP contribution in [0.1, 0.15) is 71.3 Å². The van der Waals surface area contributed by atoms with Gasteiger partial charge in [0.15, 0.2) is 0 Å². The molecule has 1 amide bonds. The molecular formula is C24H34ClNO4. The molecule has 1 aromatic rings. The fraction of sp³-hybridized carbons (Fsp3) is 0.667. The number of benzene rings is 1. The molecule has 0 radical (unpaired) electrons. The first kappa shape index (κ1) is 22.9. The van der Waals surface area contributed by atoms with Crippen LogP contribution >= 0.6 is 11.6 Å². The van der Waals surface area contributed by atoms with Crippen molar-refractivity contribution in [3.05, 3.63) is 28.8 Å². The van der Waals surface area contributed by atoms with Gasteiger partial charge in [-0.1, -0.05) is 32.4 Å². The van der Waals surface area contributed by atoms with Crippen molar-refractivity contribution >= 4 is 23.5 Å². The van der Waals surface area contributed by atoms with Gasteiger partial charge in [0.1, 0.15) is 5.75 Å². The number of hydrogen-bond acceptors (Lipinski definition) is 3. The van der Waals surface area contributed by atoms with E-state index in [9.17, 15) is 9.59 Å². The number of rotatable bonds is 6. The van der Waals surface area contributed by atoms with Gasteiger partial charge in [-0.3, -0.25) is 9.59 Å². The second-order valence-electron chi connectivity index (χ2n) is 9.97. The molecule has 1 aromatic carbocycles. The topological polar surface area (TPSA) is 75.6 Å². The van der Waals surface area contributed by atoms with Crippen molar-refractivity contribution in [3.63, 3.8) is 0 Å². The lowest BCUT2D eigenvalue weighted by atomic mass is 9.86. The smallest absolute Gasteiger partial charge is 0.306 e. The number of halogens is 1. The molecule has 0 heterocycles. The van der Waals surface area contributed by atoms with Crippen molar-refractivity contribution in [1.82, 2.24) is 5.32 Å². The molecule has 6 heteroatoms. The molecule has 2 aliphatic carbocycles. The van der Waals surface area contributed by atoms with Crippen molar-refractivity contribution in [2.45, 2.75) is 77.2 Å². The number of nitrogens with one attached hydrogen (secondary N) is 1. The molecule has 30 heavy (non-hydrogen) atoms. The minimum absolute atomic E-state index is 0.0306. The van der Waals surface area contributed by atoms with Crippen LogP contribution in [0, 0.1) is 17.8 Å². The second kappa shape index (κ2) is 9.59. The van der Waals surface area contributed by atoms with Gasteiger partial charge >= 0.3 is 5.97 Å². The Morgan fingerprint density at radius 2 is 1.77 bits per heavy atom. The molecule has 5 nitrogen and oxygen atoms in total. The van der Waals surface area contributed by atoms with Gasteiger partial charge in [-0.05, 0) is 74.5 Å². The number of carbonyl (C=O) groups excluding carboxylic acids is 1. The summed E-state index contributed by atoms with van der Waals surface area (Å²) in [6, 6.07) is 5.89. The highest BCUT2D eigenvalue weighted by atomic mass is 35.5. The van der Waals surface area contributed by atoms with E-state index in [1.165, 1.54) is 0 Å². The summed E-state index contributed by atoms with van der Waals surface area (Å²) < 4.78 is 6.17. The minimum atomic E-state index is -0.714. The Hall–Kier alpha value is -1.75. The molecule has 2 N–H and O–H groups in total. The number of carboxylic acids is 1. The fourth-order valence-corrected chi connectivity index (χ4v) is 4.86. The maximum atomic E-state index is 12.7. The van der Waals surface area contributed by atoms with Crippen LogP contribution < -0.4 is 10.1 Å². The Balaban J connectivity index is 1.47. The quantitative estimate of drug-likeness (QED) is 0.644. The Morgan fingerprint density at radius 3 is 2.40 bits per heavy atom. The lowest BCUT2D eigenvalue weighted by Gasteiger charge is -2.27. The zero-order chi connectivity index (χ0) is 21.9. The Kier molecular flexibility index (Phi) is 7.33. The van der Waals surface area contributed by atoms with Crippen LogP contribution in [-0.4, -0.2) is 29.6 Å². The first-order chi connectivity index (χ1) is 14.1. The standard InChI is InChI=1S/C24H34ClNO4/c1-24(2,3)20-13-18(25)8-11-21(20)30-14-15-4-5-17(12-15)22(27)26-19-9-6-16(7-10-19)23(28)29/h8,11,13,15-17,19H,4-7,9-10,12,14H2,1-3H3,(H,26,27)(H,28,29). The lowest BCUT2D eigenvalue weighted by molar-refractivity contribution is -0.142. The monoisotopic (exact) mass is 435 g/mol. The maximum absolute atomic E-state index is 12.7. The number of amides is 1. The van der Waals surface area contributed by atoms with Crippen molar-refractivity contribution in [1.29, 1.82) is 0 Å². The Morgan fingerprint density at radius 1 is 1.10 bits per heavy atom. The van der Waals surface area contributed by atoms with Gasteiger partial charge in [0.05, 0.1) is 12.5 Å². The predicted octanol–water partition coefficient (Wildman–Crippen LogP) is 5.19. The largest absolute Gasteiger partial charge is 0.493 e. The van der Waals surface area contributed by atoms with Crippen LogP contribution in [0.2, 0.25) is 5.02 Å². The SMILES string of the molecule is CC(C)(C)c1cc(Cl)ccc1OCC1CCC(C(=O)NC2CCC(C(=O)O)CC2)C1. The number of ether oxygens (including phenoxy) is 1. The van der Waals surface area contributed by atoms with Gasteiger partial charge in [-0.25, -0.2) is 0 Å². The van der Waals surface area contributed by atoms with E-state index in [4.69, 9.17) is 21.4 Å². The third-order valence-corrected chi connectivity index (χ3v) is 6.79. The first-order valence-corrected chi connectivity index (χ1v) is 11.5. The van der Waals surface area contributed by atoms with E-state index in [1.807, 2.05) is 18.2 Å². The summed E-state index contributed by atoms with van der Waals surface area (Å²) in [6.07, 6.45) is 5.54. The molecule has 2 atom stereocenters. The molecule has 0 bridgehead atoms. The summed E-state index contributed by atoms with van der Waals surface area (Å²) in [4.78, 5) is 23.8. The second-order valence-corrected chi connectivity index (χ2v) is 10.4. The Bertz CT molecular complexity index is 765. The average Bonchev–Trinajstić information content (AvgIpc) is 3.16. The van der Waals surface area contributed by atoms with E-state index in [-0.39, 0.29) is 29.2 Å². The third-order valence-electron chi connectivity index (χ3n) is 6.56. The molecule has 2 unspecified atom stereocenters. The number of aliphatic carboxylic acids is 1. The van der Waals surface area contributed by atoms with E-state index in [2.05, 4.69) is 26.1 Å². The van der Waals surface area contributed by atoms with Crippen molar-refractivity contribution in [3.8, 4) is 5.75 Å². The van der Waals surface area contributed by atoms with Crippen LogP contribution in [0.4, 0.5) is 0 Å². The third kappa shape index (κ3) is 5.90. The summed E-state index contributed by atoms with van der Waals surface area (Å²) in [5.74, 6) is 0.425. The van der Waals surface area contributed by atoms with Gasteiger partial charge in [0.2, 0.25) is 5.91 Å². The van der Waals surface area contributed by atoms with E-state index in [0.29, 0.717) is 30.4 Å². The Labute approximate surface area is 184 Å². The van der Waals surface area contributed by atoms with E-state index >= 15 is 0 Å². The summed E-state index contributed by atoms with van der Waals surface area (Å²) in [5.41, 5.74) is 1.04. The van der Waals surface area contributed by atoms with Gasteiger partial charge in [0.25, 0.3) is 0 Å². The van der Waals surface area contributed by atoms with Crippen molar-refractivity contribution in [2.24, 2.45) is 17.8 Å². The molecule has 2 aliphatic rings. The normalized spacial score (nSPS) is 26.9. The predicted molar refractivity (Wildman–Crippen MR) is 118 cm³/mol. The van der Waals surface area contributed by atoms with Gasteiger partial charge in [-0.2, -0.15) is 0 Å². The van der Waals surface area contributed by atoms with Crippen LogP contribution in [0.3, 0.4) is 0 Å². The lowest BCUT2D eigenvalue weighted by Crippen LogP contribution is -2.41. The van der Waals surface area contributed by atoms with Gasteiger partial charge in [-0.15, -0.1) is 0 Å². The highest BCUT2D eigenvalue weighted by Crippen LogP contribution is 2.36. The van der Waals surface area contributed by atoms with E-state index < -0.39 is 5.97 Å². The number of hydrogen-bond donors (Lipinski definition) is 2. The molecule has 0 aliphatic heterocycles. The van der Waals surface area contributed by atoms with Crippen LogP contribution in [-0.2, 0) is 15.0 Å². The van der Waals surface area contributed by atoms with Gasteiger partial charge < -0.3 is 15.2 Å². The fourth-order valence-electron chi connectivity index (χ4n) is 4.69. The van der Waals surface area contributed by atoms with E-state index in [1.54, 1.807) is 0 Å². The number of carboxylic acid groups (broad SMARTS) is 1. The molecule has 0 saturated heterocycles. The summed E-state index contributed by atoms with van der Waals surface area (Å²) in [5, 5.41) is 13.0. The van der Waals surface area contributed by atoms with E-state index in [0.717, 1.165) is 43.4 Å². The summed E-state index contributed by atoms with van der Waals surface area (Å²) in [6.45, 7) is 7.04. The molecule has 2 fully saturated rings. The zero-order valence-electron chi connectivity index (χ0n) is 18.2. The van der Waals surface area contributed by atoms with Crippen molar-refractivity contribution in [2.75, 3.05) is 6.61 Å². The number of carbonyl (C=O) groups is 2. The molecule has 2 saturated carbocycles. The highest BCUT2D eigenvalue weighted by molar-refractivity contribution is 6.30. The molecule has 0 spiro atoms.